The summed E-state index contributed by atoms with van der Waals surface area (Å²) in [6, 6.07) is 5.66. The third kappa shape index (κ3) is 4.16. The summed E-state index contributed by atoms with van der Waals surface area (Å²) in [6.07, 6.45) is 1.10. The van der Waals surface area contributed by atoms with Gasteiger partial charge in [-0.2, -0.15) is 0 Å². The van der Waals surface area contributed by atoms with Crippen LogP contribution in [0.25, 0.3) is 0 Å². The minimum Gasteiger partial charge on any atom is -0.397 e. The Morgan fingerprint density at radius 3 is 2.58 bits per heavy atom. The van der Waals surface area contributed by atoms with Crippen LogP contribution in [0.1, 0.15) is 44.5 Å². The number of amides is 1. The second-order valence-electron chi connectivity index (χ2n) is 4.98. The van der Waals surface area contributed by atoms with E-state index in [1.54, 1.807) is 12.1 Å². The van der Waals surface area contributed by atoms with Gasteiger partial charge in [0.15, 0.2) is 0 Å². The Morgan fingerprint density at radius 1 is 1.32 bits per heavy atom. The fourth-order valence-electron chi connectivity index (χ4n) is 1.83. The average molecular weight is 263 g/mol. The molecule has 2 atom stereocenters. The van der Waals surface area contributed by atoms with Crippen LogP contribution >= 0.6 is 0 Å². The van der Waals surface area contributed by atoms with Crippen LogP contribution < -0.4 is 16.4 Å². The maximum Gasteiger partial charge on any atom is 0.251 e. The molecule has 0 aliphatic carbocycles. The second-order valence-corrected chi connectivity index (χ2v) is 4.98. The van der Waals surface area contributed by atoms with Crippen LogP contribution in [0.15, 0.2) is 18.2 Å². The summed E-state index contributed by atoms with van der Waals surface area (Å²) >= 11 is 0. The molecule has 0 fully saturated rings. The number of hydrogen-bond acceptors (Lipinski definition) is 3. The van der Waals surface area contributed by atoms with Crippen LogP contribution in [-0.2, 0) is 0 Å². The predicted octanol–water partition coefficient (Wildman–Crippen LogP) is 2.87. The van der Waals surface area contributed by atoms with E-state index in [1.165, 1.54) is 0 Å². The molecule has 1 aromatic carbocycles. The molecule has 2 unspecified atom stereocenters. The Kier molecular flexibility index (Phi) is 5.67. The number of nitrogens with one attached hydrogen (secondary N) is 2. The van der Waals surface area contributed by atoms with E-state index in [9.17, 15) is 4.79 Å². The SMILES string of the molecule is CCNC(=O)c1ccc(N)c(NC(C)C(C)CC)c1. The molecular weight excluding hydrogens is 238 g/mol. The van der Waals surface area contributed by atoms with Gasteiger partial charge in [-0.15, -0.1) is 0 Å². The van der Waals surface area contributed by atoms with Crippen molar-refractivity contribution >= 4 is 17.3 Å². The van der Waals surface area contributed by atoms with Gasteiger partial charge in [-0.3, -0.25) is 4.79 Å². The maximum atomic E-state index is 11.8. The second kappa shape index (κ2) is 7.02. The summed E-state index contributed by atoms with van der Waals surface area (Å²) in [5.74, 6) is 0.481. The first-order valence-corrected chi connectivity index (χ1v) is 6.93. The van der Waals surface area contributed by atoms with E-state index in [0.717, 1.165) is 12.1 Å². The molecule has 1 rings (SSSR count). The summed E-state index contributed by atoms with van der Waals surface area (Å²) in [7, 11) is 0. The Bertz CT molecular complexity index is 431. The molecule has 0 saturated carbocycles. The first kappa shape index (κ1) is 15.3. The van der Waals surface area contributed by atoms with Crippen molar-refractivity contribution in [2.75, 3.05) is 17.6 Å². The maximum absolute atomic E-state index is 11.8. The Balaban J connectivity index is 2.88. The highest BCUT2D eigenvalue weighted by Crippen LogP contribution is 2.23. The lowest BCUT2D eigenvalue weighted by molar-refractivity contribution is 0.0956. The minimum atomic E-state index is -0.0678. The van der Waals surface area contributed by atoms with Gasteiger partial charge in [0.1, 0.15) is 0 Å². The Labute approximate surface area is 115 Å². The molecule has 0 radical (unpaired) electrons. The topological polar surface area (TPSA) is 67.2 Å². The van der Waals surface area contributed by atoms with E-state index < -0.39 is 0 Å². The third-order valence-corrected chi connectivity index (χ3v) is 3.53. The van der Waals surface area contributed by atoms with Gasteiger partial charge in [-0.25, -0.2) is 0 Å². The fraction of sp³-hybridized carbons (Fsp3) is 0.533. The van der Waals surface area contributed by atoms with Crippen LogP contribution in [0.4, 0.5) is 11.4 Å². The minimum absolute atomic E-state index is 0.0678. The van der Waals surface area contributed by atoms with Crippen molar-refractivity contribution in [2.24, 2.45) is 5.92 Å². The number of hydrogen-bond donors (Lipinski definition) is 3. The molecule has 0 aliphatic rings. The highest BCUT2D eigenvalue weighted by molar-refractivity contribution is 5.96. The number of nitrogen functional groups attached to an aromatic ring is 1. The summed E-state index contributed by atoms with van der Waals surface area (Å²) < 4.78 is 0. The van der Waals surface area contributed by atoms with E-state index in [1.807, 2.05) is 13.0 Å². The van der Waals surface area contributed by atoms with Gasteiger partial charge in [0.2, 0.25) is 0 Å². The van der Waals surface area contributed by atoms with Crippen LogP contribution in [0.2, 0.25) is 0 Å². The van der Waals surface area contributed by atoms with Crippen molar-refractivity contribution in [3.05, 3.63) is 23.8 Å². The molecular formula is C15H25N3O. The van der Waals surface area contributed by atoms with Crippen LogP contribution in [0, 0.1) is 5.92 Å². The van der Waals surface area contributed by atoms with Gasteiger partial charge in [0, 0.05) is 18.2 Å². The molecule has 0 saturated heterocycles. The van der Waals surface area contributed by atoms with E-state index >= 15 is 0 Å². The van der Waals surface area contributed by atoms with E-state index in [2.05, 4.69) is 31.4 Å². The van der Waals surface area contributed by atoms with Crippen molar-refractivity contribution in [3.63, 3.8) is 0 Å². The number of benzene rings is 1. The smallest absolute Gasteiger partial charge is 0.251 e. The molecule has 0 bridgehead atoms. The molecule has 4 nitrogen and oxygen atoms in total. The lowest BCUT2D eigenvalue weighted by atomic mass is 10.0. The molecule has 4 heteroatoms. The first-order valence-electron chi connectivity index (χ1n) is 6.93. The summed E-state index contributed by atoms with van der Waals surface area (Å²) in [5.41, 5.74) is 8.09. The first-order chi connectivity index (χ1) is 8.99. The van der Waals surface area contributed by atoms with Crippen LogP contribution in [0.5, 0.6) is 0 Å². The zero-order valence-corrected chi connectivity index (χ0v) is 12.3. The van der Waals surface area contributed by atoms with Gasteiger partial charge < -0.3 is 16.4 Å². The molecule has 1 aromatic rings. The zero-order chi connectivity index (χ0) is 14.4. The monoisotopic (exact) mass is 263 g/mol. The third-order valence-electron chi connectivity index (χ3n) is 3.53. The van der Waals surface area contributed by atoms with Gasteiger partial charge in [0.05, 0.1) is 11.4 Å². The largest absolute Gasteiger partial charge is 0.397 e. The van der Waals surface area contributed by atoms with Gasteiger partial charge >= 0.3 is 0 Å². The Morgan fingerprint density at radius 2 is 2.00 bits per heavy atom. The zero-order valence-electron chi connectivity index (χ0n) is 12.3. The quantitative estimate of drug-likeness (QED) is 0.691. The summed E-state index contributed by atoms with van der Waals surface area (Å²) in [5, 5.41) is 6.18. The van der Waals surface area contributed by atoms with Gasteiger partial charge in [-0.05, 0) is 38.0 Å². The number of carbonyl (C=O) groups is 1. The van der Waals surface area contributed by atoms with Crippen molar-refractivity contribution in [3.8, 4) is 0 Å². The predicted molar refractivity (Wildman–Crippen MR) is 81.4 cm³/mol. The molecule has 19 heavy (non-hydrogen) atoms. The molecule has 0 heterocycles. The number of rotatable bonds is 6. The lowest BCUT2D eigenvalue weighted by Crippen LogP contribution is -2.25. The molecule has 0 aromatic heterocycles. The van der Waals surface area contributed by atoms with Crippen molar-refractivity contribution in [1.82, 2.24) is 5.32 Å². The van der Waals surface area contributed by atoms with E-state index in [4.69, 9.17) is 5.73 Å². The lowest BCUT2D eigenvalue weighted by Gasteiger charge is -2.22. The number of anilines is 2. The van der Waals surface area contributed by atoms with Crippen molar-refractivity contribution < 1.29 is 4.79 Å². The average Bonchev–Trinajstić information content (AvgIpc) is 2.40. The molecule has 106 valence electrons. The van der Waals surface area contributed by atoms with Crippen molar-refractivity contribution in [2.45, 2.75) is 40.2 Å². The van der Waals surface area contributed by atoms with E-state index in [0.29, 0.717) is 29.8 Å². The molecule has 1 amide bonds. The standard InChI is InChI=1S/C15H25N3O/c1-5-10(3)11(4)18-14-9-12(7-8-13(14)16)15(19)17-6-2/h7-11,18H,5-6,16H2,1-4H3,(H,17,19). The van der Waals surface area contributed by atoms with Gasteiger partial charge in [0.25, 0.3) is 5.91 Å². The normalized spacial score (nSPS) is 13.7. The highest BCUT2D eigenvalue weighted by atomic mass is 16.1. The Hall–Kier alpha value is -1.71. The van der Waals surface area contributed by atoms with Crippen molar-refractivity contribution in [1.29, 1.82) is 0 Å². The van der Waals surface area contributed by atoms with E-state index in [-0.39, 0.29) is 5.91 Å². The summed E-state index contributed by atoms with van der Waals surface area (Å²) in [4.78, 5) is 11.8. The highest BCUT2D eigenvalue weighted by Gasteiger charge is 2.13. The molecule has 4 N–H and O–H groups in total. The van der Waals surface area contributed by atoms with Crippen LogP contribution in [0.3, 0.4) is 0 Å². The fourth-order valence-corrected chi connectivity index (χ4v) is 1.83. The number of nitrogens with two attached hydrogens (primary N) is 1. The number of carbonyl (C=O) groups excluding carboxylic acids is 1. The molecule has 0 aliphatic heterocycles. The summed E-state index contributed by atoms with van der Waals surface area (Å²) in [6.45, 7) is 9.01. The molecule has 0 spiro atoms. The van der Waals surface area contributed by atoms with Crippen LogP contribution in [-0.4, -0.2) is 18.5 Å². The van der Waals surface area contributed by atoms with Gasteiger partial charge in [-0.1, -0.05) is 20.3 Å².